The van der Waals surface area contributed by atoms with Crippen molar-refractivity contribution in [2.75, 3.05) is 13.7 Å². The van der Waals surface area contributed by atoms with Gasteiger partial charge in [0.15, 0.2) is 0 Å². The topological polar surface area (TPSA) is 81.5 Å². The smallest absolute Gasteiger partial charge is 0.391 e. The standard InChI is InChI=1S/C23H25F3N2O4/c1-31-20-7-4-14(8-18(20)17-10-19(17)22(29)30)15-9-21(28-27-11-15)32-12-13-2-5-16(6-3-13)23(24,25)26/h4,7-9,11,13,16-17,19H,2-3,5-6,10,12H2,1H3,(H,29,30)/t13-,16-,17?,19?. The van der Waals surface area contributed by atoms with Crippen molar-refractivity contribution >= 4 is 5.97 Å². The fourth-order valence-corrected chi connectivity index (χ4v) is 4.45. The molecular formula is C23H25F3N2O4. The molecule has 0 bridgehead atoms. The van der Waals surface area contributed by atoms with E-state index in [1.165, 1.54) is 0 Å². The number of rotatable bonds is 7. The molecule has 1 N–H and O–H groups in total. The van der Waals surface area contributed by atoms with Crippen LogP contribution in [0.4, 0.5) is 13.2 Å². The molecule has 1 aromatic carbocycles. The second-order valence-corrected chi connectivity index (χ2v) is 8.60. The molecule has 1 heterocycles. The molecule has 0 aliphatic heterocycles. The number of halogens is 3. The lowest BCUT2D eigenvalue weighted by Crippen LogP contribution is -2.29. The van der Waals surface area contributed by atoms with Gasteiger partial charge in [0.2, 0.25) is 5.88 Å². The fraction of sp³-hybridized carbons (Fsp3) is 0.522. The van der Waals surface area contributed by atoms with Gasteiger partial charge in [-0.2, -0.15) is 18.3 Å². The van der Waals surface area contributed by atoms with Crippen molar-refractivity contribution in [3.05, 3.63) is 36.0 Å². The molecule has 0 radical (unpaired) electrons. The van der Waals surface area contributed by atoms with Crippen LogP contribution in [0.3, 0.4) is 0 Å². The first kappa shape index (κ1) is 22.4. The maximum absolute atomic E-state index is 12.8. The summed E-state index contributed by atoms with van der Waals surface area (Å²) < 4.78 is 49.6. The number of methoxy groups -OCH3 is 1. The van der Waals surface area contributed by atoms with Crippen LogP contribution in [-0.4, -0.2) is 41.2 Å². The summed E-state index contributed by atoms with van der Waals surface area (Å²) in [4.78, 5) is 11.3. The highest BCUT2D eigenvalue weighted by Crippen LogP contribution is 2.51. The summed E-state index contributed by atoms with van der Waals surface area (Å²) in [5, 5.41) is 17.2. The van der Waals surface area contributed by atoms with Crippen molar-refractivity contribution in [2.24, 2.45) is 17.8 Å². The molecule has 6 nitrogen and oxygen atoms in total. The molecule has 2 aliphatic carbocycles. The zero-order chi connectivity index (χ0) is 22.9. The van der Waals surface area contributed by atoms with E-state index in [1.807, 2.05) is 18.2 Å². The zero-order valence-electron chi connectivity index (χ0n) is 17.6. The third kappa shape index (κ3) is 4.97. The van der Waals surface area contributed by atoms with Gasteiger partial charge in [-0.25, -0.2) is 0 Å². The predicted octanol–water partition coefficient (Wildman–Crippen LogP) is 5.09. The first-order chi connectivity index (χ1) is 15.3. The Kier molecular flexibility index (Phi) is 6.26. The van der Waals surface area contributed by atoms with E-state index >= 15 is 0 Å². The van der Waals surface area contributed by atoms with Crippen molar-refractivity contribution in [1.82, 2.24) is 10.2 Å². The lowest BCUT2D eigenvalue weighted by molar-refractivity contribution is -0.184. The van der Waals surface area contributed by atoms with Crippen molar-refractivity contribution in [1.29, 1.82) is 0 Å². The number of carbonyl (C=O) groups is 1. The number of nitrogens with zero attached hydrogens (tertiary/aromatic N) is 2. The highest BCUT2D eigenvalue weighted by Gasteiger charge is 2.45. The average molecular weight is 450 g/mol. The summed E-state index contributed by atoms with van der Waals surface area (Å²) >= 11 is 0. The van der Waals surface area contributed by atoms with E-state index in [9.17, 15) is 23.1 Å². The highest BCUT2D eigenvalue weighted by atomic mass is 19.4. The summed E-state index contributed by atoms with van der Waals surface area (Å²) in [7, 11) is 1.55. The lowest BCUT2D eigenvalue weighted by Gasteiger charge is -2.29. The van der Waals surface area contributed by atoms with Crippen LogP contribution in [0.1, 0.15) is 43.6 Å². The van der Waals surface area contributed by atoms with Crippen molar-refractivity contribution in [2.45, 2.75) is 44.2 Å². The number of hydrogen-bond donors (Lipinski definition) is 1. The lowest BCUT2D eigenvalue weighted by atomic mass is 9.82. The number of aromatic nitrogens is 2. The van der Waals surface area contributed by atoms with Gasteiger partial charge in [-0.05, 0) is 61.3 Å². The quantitative estimate of drug-likeness (QED) is 0.633. The van der Waals surface area contributed by atoms with Gasteiger partial charge in [-0.3, -0.25) is 4.79 Å². The van der Waals surface area contributed by atoms with Gasteiger partial charge >= 0.3 is 12.1 Å². The van der Waals surface area contributed by atoms with E-state index in [2.05, 4.69) is 10.2 Å². The Morgan fingerprint density at radius 3 is 2.53 bits per heavy atom. The molecule has 32 heavy (non-hydrogen) atoms. The van der Waals surface area contributed by atoms with Gasteiger partial charge in [-0.15, -0.1) is 5.10 Å². The van der Waals surface area contributed by atoms with E-state index in [1.54, 1.807) is 19.4 Å². The monoisotopic (exact) mass is 450 g/mol. The Morgan fingerprint density at radius 2 is 1.91 bits per heavy atom. The van der Waals surface area contributed by atoms with Crippen molar-refractivity contribution in [3.63, 3.8) is 0 Å². The maximum atomic E-state index is 12.8. The van der Waals surface area contributed by atoms with Crippen LogP contribution in [0.2, 0.25) is 0 Å². The SMILES string of the molecule is COc1ccc(-c2cnnc(OC[C@H]3CC[C@H](C(F)(F)F)CC3)c2)cc1C1CC1C(=O)O. The van der Waals surface area contributed by atoms with Gasteiger partial charge in [0.1, 0.15) is 5.75 Å². The number of alkyl halides is 3. The number of hydrogen-bond acceptors (Lipinski definition) is 5. The van der Waals surface area contributed by atoms with Gasteiger partial charge in [0.25, 0.3) is 0 Å². The van der Waals surface area contributed by atoms with E-state index in [0.29, 0.717) is 37.5 Å². The molecule has 2 unspecified atom stereocenters. The molecule has 2 aliphatic rings. The maximum Gasteiger partial charge on any atom is 0.391 e. The van der Waals surface area contributed by atoms with Crippen LogP contribution in [0, 0.1) is 17.8 Å². The largest absolute Gasteiger partial charge is 0.496 e. The molecule has 0 spiro atoms. The normalized spacial score (nSPS) is 25.2. The summed E-state index contributed by atoms with van der Waals surface area (Å²) in [6, 6.07) is 7.31. The second-order valence-electron chi connectivity index (χ2n) is 8.60. The van der Waals surface area contributed by atoms with Gasteiger partial charge in [-0.1, -0.05) is 6.07 Å². The summed E-state index contributed by atoms with van der Waals surface area (Å²) in [6.07, 6.45) is -0.722. The highest BCUT2D eigenvalue weighted by molar-refractivity contribution is 5.76. The fourth-order valence-electron chi connectivity index (χ4n) is 4.45. The summed E-state index contributed by atoms with van der Waals surface area (Å²) in [5.41, 5.74) is 2.44. The molecule has 2 aromatic rings. The average Bonchev–Trinajstić information content (AvgIpc) is 3.58. The van der Waals surface area contributed by atoms with E-state index in [4.69, 9.17) is 9.47 Å². The molecule has 2 fully saturated rings. The molecule has 9 heteroatoms. The predicted molar refractivity (Wildman–Crippen MR) is 110 cm³/mol. The van der Waals surface area contributed by atoms with E-state index in [-0.39, 0.29) is 24.7 Å². The van der Waals surface area contributed by atoms with Crippen LogP contribution in [0.25, 0.3) is 11.1 Å². The number of carboxylic acid groups (broad SMARTS) is 1. The first-order valence-corrected chi connectivity index (χ1v) is 10.7. The second kappa shape index (κ2) is 8.96. The number of aliphatic carboxylic acids is 1. The molecule has 172 valence electrons. The minimum absolute atomic E-state index is 0.0643. The summed E-state index contributed by atoms with van der Waals surface area (Å²) in [6.45, 7) is 0.305. The van der Waals surface area contributed by atoms with Crippen molar-refractivity contribution < 1.29 is 32.5 Å². The number of ether oxygens (including phenoxy) is 2. The zero-order valence-corrected chi connectivity index (χ0v) is 17.6. The molecule has 2 saturated carbocycles. The molecule has 4 rings (SSSR count). The van der Waals surface area contributed by atoms with Gasteiger partial charge in [0.05, 0.1) is 31.7 Å². The summed E-state index contributed by atoms with van der Waals surface area (Å²) in [5.74, 6) is -1.48. The number of carboxylic acids is 1. The molecule has 1 aromatic heterocycles. The van der Waals surface area contributed by atoms with Gasteiger partial charge < -0.3 is 14.6 Å². The minimum Gasteiger partial charge on any atom is -0.496 e. The van der Waals surface area contributed by atoms with Crippen LogP contribution in [0.5, 0.6) is 11.6 Å². The Balaban J connectivity index is 1.42. The Hall–Kier alpha value is -2.84. The molecule has 2 atom stereocenters. The first-order valence-electron chi connectivity index (χ1n) is 10.7. The van der Waals surface area contributed by atoms with E-state index in [0.717, 1.165) is 16.7 Å². The molecule has 0 amide bonds. The molecular weight excluding hydrogens is 425 g/mol. The van der Waals surface area contributed by atoms with Gasteiger partial charge in [0, 0.05) is 17.5 Å². The Bertz CT molecular complexity index is 974. The Morgan fingerprint density at radius 1 is 1.16 bits per heavy atom. The van der Waals surface area contributed by atoms with Crippen LogP contribution in [-0.2, 0) is 4.79 Å². The number of benzene rings is 1. The molecule has 0 saturated heterocycles. The van der Waals surface area contributed by atoms with Crippen LogP contribution < -0.4 is 9.47 Å². The van der Waals surface area contributed by atoms with E-state index < -0.39 is 24.0 Å². The minimum atomic E-state index is -4.12. The van der Waals surface area contributed by atoms with Crippen LogP contribution >= 0.6 is 0 Å². The third-order valence-corrected chi connectivity index (χ3v) is 6.48. The van der Waals surface area contributed by atoms with Crippen molar-refractivity contribution in [3.8, 4) is 22.8 Å². The van der Waals surface area contributed by atoms with Crippen LogP contribution in [0.15, 0.2) is 30.5 Å². The third-order valence-electron chi connectivity index (χ3n) is 6.48. The Labute approximate surface area is 183 Å².